The fourth-order valence-corrected chi connectivity index (χ4v) is 1.10. The van der Waals surface area contributed by atoms with Crippen molar-refractivity contribution in [3.8, 4) is 0 Å². The van der Waals surface area contributed by atoms with Crippen molar-refractivity contribution in [3.05, 3.63) is 35.3 Å². The van der Waals surface area contributed by atoms with Crippen LogP contribution in [0.2, 0.25) is 0 Å². The molecule has 0 aliphatic rings. The monoisotopic (exact) mass is 190 g/mol. The van der Waals surface area contributed by atoms with Gasteiger partial charge in [-0.05, 0) is 10.9 Å². The molecular formula is C8H6N4O2. The predicted octanol–water partition coefficient (Wildman–Crippen LogP) is -0.638. The van der Waals surface area contributed by atoms with E-state index in [2.05, 4.69) is 10.1 Å². The maximum atomic E-state index is 11.3. The minimum absolute atomic E-state index is 0.279. The van der Waals surface area contributed by atoms with Gasteiger partial charge in [-0.15, -0.1) is 0 Å². The SMILES string of the molecule is NC(=O)c1nc2ccccc2[n+]([O-])n1. The number of hydrogen-bond donors (Lipinski definition) is 1. The molecule has 0 bridgehead atoms. The zero-order chi connectivity index (χ0) is 10.1. The Morgan fingerprint density at radius 1 is 1.43 bits per heavy atom. The van der Waals surface area contributed by atoms with Gasteiger partial charge in [-0.2, -0.15) is 0 Å². The van der Waals surface area contributed by atoms with E-state index in [0.717, 1.165) is 0 Å². The average molecular weight is 190 g/mol. The smallest absolute Gasteiger partial charge is 0.292 e. The number of para-hydroxylation sites is 2. The molecule has 1 aromatic carbocycles. The second kappa shape index (κ2) is 2.91. The summed E-state index contributed by atoms with van der Waals surface area (Å²) in [6.07, 6.45) is 0. The van der Waals surface area contributed by atoms with E-state index in [4.69, 9.17) is 5.73 Å². The molecule has 0 radical (unpaired) electrons. The van der Waals surface area contributed by atoms with Crippen molar-refractivity contribution in [3.63, 3.8) is 0 Å². The highest BCUT2D eigenvalue weighted by molar-refractivity contribution is 5.89. The summed E-state index contributed by atoms with van der Waals surface area (Å²) in [5, 5.41) is 14.6. The van der Waals surface area contributed by atoms with Crippen molar-refractivity contribution in [2.75, 3.05) is 0 Å². The molecule has 0 spiro atoms. The Morgan fingerprint density at radius 3 is 2.86 bits per heavy atom. The molecule has 2 aromatic rings. The second-order valence-corrected chi connectivity index (χ2v) is 2.66. The third-order valence-corrected chi connectivity index (χ3v) is 1.72. The zero-order valence-electron chi connectivity index (χ0n) is 7.04. The molecule has 0 unspecified atom stereocenters. The first kappa shape index (κ1) is 8.36. The molecule has 2 rings (SSSR count). The highest BCUT2D eigenvalue weighted by atomic mass is 16.5. The van der Waals surface area contributed by atoms with Gasteiger partial charge < -0.3 is 10.9 Å². The van der Waals surface area contributed by atoms with Gasteiger partial charge in [-0.1, -0.05) is 12.1 Å². The fourth-order valence-electron chi connectivity index (χ4n) is 1.10. The number of primary amides is 1. The van der Waals surface area contributed by atoms with Crippen LogP contribution in [-0.4, -0.2) is 16.0 Å². The summed E-state index contributed by atoms with van der Waals surface area (Å²) in [5.41, 5.74) is 5.66. The Bertz CT molecular complexity index is 512. The number of carbonyl (C=O) groups excluding carboxylic acids is 1. The standard InChI is InChI=1S/C8H6N4O2/c9-7(13)8-10-5-3-1-2-4-6(5)12(14)11-8/h1-4H,(H2,9,13). The van der Waals surface area contributed by atoms with Crippen LogP contribution in [0.15, 0.2) is 24.3 Å². The number of carbonyl (C=O) groups is 1. The van der Waals surface area contributed by atoms with Crippen LogP contribution in [-0.2, 0) is 0 Å². The van der Waals surface area contributed by atoms with Crippen LogP contribution >= 0.6 is 0 Å². The van der Waals surface area contributed by atoms with E-state index >= 15 is 0 Å². The van der Waals surface area contributed by atoms with Crippen molar-refractivity contribution in [2.45, 2.75) is 0 Å². The average Bonchev–Trinajstić information content (AvgIpc) is 2.17. The minimum atomic E-state index is -0.819. The molecule has 1 heterocycles. The molecule has 0 fully saturated rings. The highest BCUT2D eigenvalue weighted by Gasteiger charge is 2.13. The summed E-state index contributed by atoms with van der Waals surface area (Å²) >= 11 is 0. The van der Waals surface area contributed by atoms with Crippen LogP contribution in [0, 0.1) is 5.21 Å². The molecule has 70 valence electrons. The summed E-state index contributed by atoms with van der Waals surface area (Å²) in [5.74, 6) is -1.10. The van der Waals surface area contributed by atoms with Gasteiger partial charge in [-0.25, -0.2) is 4.98 Å². The van der Waals surface area contributed by atoms with E-state index in [1.54, 1.807) is 24.3 Å². The van der Waals surface area contributed by atoms with Crippen LogP contribution in [0.4, 0.5) is 0 Å². The van der Waals surface area contributed by atoms with Gasteiger partial charge in [-0.3, -0.25) is 4.79 Å². The van der Waals surface area contributed by atoms with Crippen molar-refractivity contribution >= 4 is 16.9 Å². The predicted molar refractivity (Wildman–Crippen MR) is 47.0 cm³/mol. The molecule has 6 nitrogen and oxygen atoms in total. The molecule has 0 atom stereocenters. The van der Waals surface area contributed by atoms with E-state index in [9.17, 15) is 10.0 Å². The molecule has 6 heteroatoms. The molecule has 0 aliphatic carbocycles. The second-order valence-electron chi connectivity index (χ2n) is 2.66. The minimum Gasteiger partial charge on any atom is -0.594 e. The fraction of sp³-hybridized carbons (Fsp3) is 0. The topological polar surface area (TPSA) is 95.8 Å². The van der Waals surface area contributed by atoms with Crippen molar-refractivity contribution < 1.29 is 9.64 Å². The van der Waals surface area contributed by atoms with E-state index in [1.165, 1.54) is 0 Å². The van der Waals surface area contributed by atoms with Crippen LogP contribution in [0.1, 0.15) is 10.6 Å². The van der Waals surface area contributed by atoms with Crippen molar-refractivity contribution in [2.24, 2.45) is 5.73 Å². The summed E-state index contributed by atoms with van der Waals surface area (Å²) in [6.45, 7) is 0. The van der Waals surface area contributed by atoms with Gasteiger partial charge in [0.05, 0.1) is 0 Å². The molecule has 1 aromatic heterocycles. The number of nitrogens with zero attached hydrogens (tertiary/aromatic N) is 3. The maximum absolute atomic E-state index is 11.3. The van der Waals surface area contributed by atoms with E-state index in [0.29, 0.717) is 15.9 Å². The molecule has 2 N–H and O–H groups in total. The first-order valence-electron chi connectivity index (χ1n) is 3.85. The summed E-state index contributed by atoms with van der Waals surface area (Å²) < 4.78 is 0. The molecule has 0 saturated carbocycles. The summed E-state index contributed by atoms with van der Waals surface area (Å²) in [6, 6.07) is 6.56. The number of fused-ring (bicyclic) bond motifs is 1. The Labute approximate surface area is 78.6 Å². The number of rotatable bonds is 1. The van der Waals surface area contributed by atoms with Crippen molar-refractivity contribution in [1.29, 1.82) is 0 Å². The molecule has 0 saturated heterocycles. The highest BCUT2D eigenvalue weighted by Crippen LogP contribution is 2.04. The van der Waals surface area contributed by atoms with Gasteiger partial charge in [0.2, 0.25) is 0 Å². The Balaban J connectivity index is 2.78. The molecular weight excluding hydrogens is 184 g/mol. The molecule has 0 aliphatic heterocycles. The number of hydrogen-bond acceptors (Lipinski definition) is 4. The number of benzene rings is 1. The maximum Gasteiger partial charge on any atom is 0.292 e. The van der Waals surface area contributed by atoms with Gasteiger partial charge in [0, 0.05) is 11.2 Å². The van der Waals surface area contributed by atoms with Gasteiger partial charge in [0.25, 0.3) is 17.2 Å². The lowest BCUT2D eigenvalue weighted by Gasteiger charge is -1.98. The van der Waals surface area contributed by atoms with Gasteiger partial charge in [0.15, 0.2) is 0 Å². The Morgan fingerprint density at radius 2 is 2.14 bits per heavy atom. The van der Waals surface area contributed by atoms with Crippen LogP contribution in [0.25, 0.3) is 11.0 Å². The lowest BCUT2D eigenvalue weighted by molar-refractivity contribution is -0.643. The van der Waals surface area contributed by atoms with Crippen LogP contribution < -0.4 is 10.6 Å². The van der Waals surface area contributed by atoms with Crippen LogP contribution in [0.5, 0.6) is 0 Å². The van der Waals surface area contributed by atoms with E-state index in [-0.39, 0.29) is 5.82 Å². The summed E-state index contributed by atoms with van der Waals surface area (Å²) in [4.78, 5) is 14.9. The largest absolute Gasteiger partial charge is 0.594 e. The van der Waals surface area contributed by atoms with E-state index in [1.807, 2.05) is 0 Å². The molecule has 1 amide bonds. The zero-order valence-corrected chi connectivity index (χ0v) is 7.04. The van der Waals surface area contributed by atoms with Gasteiger partial charge in [0.1, 0.15) is 5.52 Å². The first-order chi connectivity index (χ1) is 6.68. The Hall–Kier alpha value is -2.24. The lowest BCUT2D eigenvalue weighted by atomic mass is 10.3. The number of nitrogens with two attached hydrogens (primary N) is 1. The third-order valence-electron chi connectivity index (χ3n) is 1.72. The number of amides is 1. The number of aromatic nitrogens is 3. The normalized spacial score (nSPS) is 10.3. The summed E-state index contributed by atoms with van der Waals surface area (Å²) in [7, 11) is 0. The third kappa shape index (κ3) is 1.22. The molecule has 14 heavy (non-hydrogen) atoms. The van der Waals surface area contributed by atoms with E-state index < -0.39 is 5.91 Å². The quantitative estimate of drug-likeness (QED) is 0.478. The lowest BCUT2D eigenvalue weighted by Crippen LogP contribution is -2.36. The first-order valence-corrected chi connectivity index (χ1v) is 3.85. The van der Waals surface area contributed by atoms with Crippen LogP contribution in [0.3, 0.4) is 0 Å². The van der Waals surface area contributed by atoms with Crippen molar-refractivity contribution in [1.82, 2.24) is 10.1 Å². The Kier molecular flexibility index (Phi) is 1.74. The van der Waals surface area contributed by atoms with Gasteiger partial charge >= 0.3 is 0 Å².